The Morgan fingerprint density at radius 2 is 2.31 bits per heavy atom. The van der Waals surface area contributed by atoms with Crippen LogP contribution < -0.4 is 0 Å². The van der Waals surface area contributed by atoms with Gasteiger partial charge in [-0.15, -0.1) is 0 Å². The van der Waals surface area contributed by atoms with Crippen molar-refractivity contribution < 1.29 is 4.92 Å². The van der Waals surface area contributed by atoms with Gasteiger partial charge in [-0.2, -0.15) is 0 Å². The SMILES string of the molecule is O=[N+]([O-])c1ccc2cc1C1CC3CCC21C3. The summed E-state index contributed by atoms with van der Waals surface area (Å²) in [6, 6.07) is 5.81. The lowest BCUT2D eigenvalue weighted by molar-refractivity contribution is -0.385. The van der Waals surface area contributed by atoms with E-state index in [0.29, 0.717) is 17.0 Å². The molecule has 0 radical (unpaired) electrons. The molecule has 4 rings (SSSR count). The normalized spacial score (nSPS) is 37.8. The molecule has 0 heterocycles. The molecule has 0 aromatic heterocycles. The maximum atomic E-state index is 11.0. The van der Waals surface area contributed by atoms with E-state index >= 15 is 0 Å². The maximum absolute atomic E-state index is 11.0. The summed E-state index contributed by atoms with van der Waals surface area (Å²) in [5.74, 6) is 1.28. The van der Waals surface area contributed by atoms with Crippen LogP contribution in [0.4, 0.5) is 5.69 Å². The number of fused-ring (bicyclic) bond motifs is 4. The maximum Gasteiger partial charge on any atom is 0.272 e. The number of nitro benzene ring substituents is 1. The van der Waals surface area contributed by atoms with Gasteiger partial charge >= 0.3 is 0 Å². The molecule has 3 aliphatic rings. The predicted molar refractivity (Wildman–Crippen MR) is 59.5 cm³/mol. The smallest absolute Gasteiger partial charge is 0.258 e. The zero-order valence-corrected chi connectivity index (χ0v) is 8.98. The molecule has 82 valence electrons. The third kappa shape index (κ3) is 0.784. The molecular weight excluding hydrogens is 202 g/mol. The van der Waals surface area contributed by atoms with Gasteiger partial charge < -0.3 is 0 Å². The average molecular weight is 215 g/mol. The molecule has 2 saturated carbocycles. The van der Waals surface area contributed by atoms with E-state index in [-0.39, 0.29) is 4.92 Å². The van der Waals surface area contributed by atoms with Gasteiger partial charge in [-0.3, -0.25) is 10.1 Å². The van der Waals surface area contributed by atoms with E-state index in [0.717, 1.165) is 11.5 Å². The van der Waals surface area contributed by atoms with Crippen LogP contribution in [0.3, 0.4) is 0 Å². The first-order valence-electron chi connectivity index (χ1n) is 5.99. The van der Waals surface area contributed by atoms with Crippen LogP contribution in [0.25, 0.3) is 0 Å². The predicted octanol–water partition coefficient (Wildman–Crippen LogP) is 3.13. The van der Waals surface area contributed by atoms with Crippen molar-refractivity contribution in [2.24, 2.45) is 5.92 Å². The molecule has 0 N–H and O–H groups in total. The zero-order valence-electron chi connectivity index (χ0n) is 8.98. The van der Waals surface area contributed by atoms with Crippen molar-refractivity contribution in [2.45, 2.75) is 37.0 Å². The Morgan fingerprint density at radius 1 is 1.44 bits per heavy atom. The number of nitrogens with zero attached hydrogens (tertiary/aromatic N) is 1. The topological polar surface area (TPSA) is 43.1 Å². The lowest BCUT2D eigenvalue weighted by Gasteiger charge is -2.29. The molecule has 2 fully saturated rings. The largest absolute Gasteiger partial charge is 0.272 e. The average Bonchev–Trinajstić information content (AvgIpc) is 2.91. The highest BCUT2D eigenvalue weighted by Gasteiger charge is 2.57. The lowest BCUT2D eigenvalue weighted by Crippen LogP contribution is -2.23. The van der Waals surface area contributed by atoms with Gasteiger partial charge in [-0.1, -0.05) is 6.07 Å². The van der Waals surface area contributed by atoms with Gasteiger partial charge in [0.25, 0.3) is 5.69 Å². The Balaban J connectivity index is 1.94. The molecule has 3 atom stereocenters. The van der Waals surface area contributed by atoms with Gasteiger partial charge in [0.15, 0.2) is 0 Å². The van der Waals surface area contributed by atoms with E-state index in [4.69, 9.17) is 0 Å². The number of hydrogen-bond acceptors (Lipinski definition) is 2. The summed E-state index contributed by atoms with van der Waals surface area (Å²) >= 11 is 0. The lowest BCUT2D eigenvalue weighted by atomic mass is 9.74. The molecule has 16 heavy (non-hydrogen) atoms. The summed E-state index contributed by atoms with van der Waals surface area (Å²) < 4.78 is 0. The van der Waals surface area contributed by atoms with Crippen molar-refractivity contribution in [3.05, 3.63) is 39.4 Å². The molecule has 3 unspecified atom stereocenters. The van der Waals surface area contributed by atoms with E-state index in [1.165, 1.54) is 31.2 Å². The van der Waals surface area contributed by atoms with Crippen molar-refractivity contribution >= 4 is 5.69 Å². The first-order valence-corrected chi connectivity index (χ1v) is 5.99. The van der Waals surface area contributed by atoms with Crippen LogP contribution >= 0.6 is 0 Å². The minimum Gasteiger partial charge on any atom is -0.258 e. The fourth-order valence-electron chi connectivity index (χ4n) is 4.46. The molecule has 0 amide bonds. The van der Waals surface area contributed by atoms with E-state index in [1.54, 1.807) is 6.07 Å². The van der Waals surface area contributed by atoms with Crippen molar-refractivity contribution in [3.8, 4) is 0 Å². The Labute approximate surface area is 93.6 Å². The van der Waals surface area contributed by atoms with E-state index in [9.17, 15) is 10.1 Å². The Kier molecular flexibility index (Phi) is 1.35. The zero-order chi connectivity index (χ0) is 10.9. The summed E-state index contributed by atoms with van der Waals surface area (Å²) in [5, 5.41) is 11.0. The summed E-state index contributed by atoms with van der Waals surface area (Å²) in [6.45, 7) is 0. The number of hydrogen-bond donors (Lipinski definition) is 0. The highest BCUT2D eigenvalue weighted by Crippen LogP contribution is 2.66. The quantitative estimate of drug-likeness (QED) is 0.533. The highest BCUT2D eigenvalue weighted by molar-refractivity contribution is 5.56. The fourth-order valence-corrected chi connectivity index (χ4v) is 4.46. The minimum atomic E-state index is -0.218. The molecule has 1 spiro atoms. The first kappa shape index (κ1) is 8.74. The highest BCUT2D eigenvalue weighted by atomic mass is 16.6. The van der Waals surface area contributed by atoms with Crippen LogP contribution in [-0.4, -0.2) is 4.92 Å². The van der Waals surface area contributed by atoms with Gasteiger partial charge in [0.1, 0.15) is 0 Å². The first-order chi connectivity index (χ1) is 7.71. The Hall–Kier alpha value is -1.38. The van der Waals surface area contributed by atoms with Crippen LogP contribution in [-0.2, 0) is 5.41 Å². The van der Waals surface area contributed by atoms with Gasteiger partial charge in [0.05, 0.1) is 4.92 Å². The second-order valence-corrected chi connectivity index (χ2v) is 5.58. The second-order valence-electron chi connectivity index (χ2n) is 5.58. The molecular formula is C13H13NO2. The molecule has 4 bridgehead atoms. The second kappa shape index (κ2) is 2.47. The summed E-state index contributed by atoms with van der Waals surface area (Å²) in [7, 11) is 0. The Morgan fingerprint density at radius 3 is 3.06 bits per heavy atom. The molecule has 0 aliphatic heterocycles. The van der Waals surface area contributed by atoms with Crippen LogP contribution in [0.15, 0.2) is 18.2 Å². The van der Waals surface area contributed by atoms with Crippen LogP contribution in [0.2, 0.25) is 0 Å². The standard InChI is InChI=1S/C13H13NO2/c15-14(16)12-2-1-9-6-10(12)11-5-8-3-4-13(9,11)7-8/h1-2,6,8,11H,3-5,7H2. The number of benzene rings is 1. The van der Waals surface area contributed by atoms with Gasteiger partial charge in [-0.25, -0.2) is 0 Å². The summed E-state index contributed by atoms with van der Waals surface area (Å²) in [4.78, 5) is 10.8. The van der Waals surface area contributed by atoms with E-state index in [1.807, 2.05) is 6.07 Å². The Bertz CT molecular complexity index is 511. The van der Waals surface area contributed by atoms with Gasteiger partial charge in [-0.05, 0) is 43.2 Å². The number of rotatable bonds is 1. The third-order valence-electron chi connectivity index (χ3n) is 5.06. The van der Waals surface area contributed by atoms with Crippen molar-refractivity contribution in [2.75, 3.05) is 0 Å². The molecule has 1 aromatic rings. The molecule has 0 saturated heterocycles. The van der Waals surface area contributed by atoms with Crippen LogP contribution in [0.1, 0.15) is 42.7 Å². The number of nitro groups is 1. The van der Waals surface area contributed by atoms with Crippen molar-refractivity contribution in [3.63, 3.8) is 0 Å². The van der Waals surface area contributed by atoms with Gasteiger partial charge in [0, 0.05) is 23.0 Å². The molecule has 3 heteroatoms. The third-order valence-corrected chi connectivity index (χ3v) is 5.06. The minimum absolute atomic E-state index is 0.218. The van der Waals surface area contributed by atoms with Crippen molar-refractivity contribution in [1.82, 2.24) is 0 Å². The van der Waals surface area contributed by atoms with Crippen LogP contribution in [0.5, 0.6) is 0 Å². The fraction of sp³-hybridized carbons (Fsp3) is 0.538. The molecule has 1 aromatic carbocycles. The van der Waals surface area contributed by atoms with Gasteiger partial charge in [0.2, 0.25) is 0 Å². The van der Waals surface area contributed by atoms with Crippen molar-refractivity contribution in [1.29, 1.82) is 0 Å². The van der Waals surface area contributed by atoms with Crippen LogP contribution in [0, 0.1) is 16.0 Å². The van der Waals surface area contributed by atoms with E-state index in [2.05, 4.69) is 6.07 Å². The monoisotopic (exact) mass is 215 g/mol. The van der Waals surface area contributed by atoms with E-state index < -0.39 is 0 Å². The summed E-state index contributed by atoms with van der Waals surface area (Å²) in [6.07, 6.45) is 5.01. The molecule has 3 aliphatic carbocycles. The summed E-state index contributed by atoms with van der Waals surface area (Å²) in [5.41, 5.74) is 3.04. The molecule has 3 nitrogen and oxygen atoms in total.